The lowest BCUT2D eigenvalue weighted by Gasteiger charge is -2.25. The maximum absolute atomic E-state index is 12.7. The number of esters is 1. The van der Waals surface area contributed by atoms with Crippen molar-refractivity contribution in [2.24, 2.45) is 0 Å². The van der Waals surface area contributed by atoms with E-state index in [0.29, 0.717) is 5.56 Å². The minimum absolute atomic E-state index is 0.0837. The van der Waals surface area contributed by atoms with E-state index in [1.54, 1.807) is 32.9 Å². The molecule has 0 radical (unpaired) electrons. The highest BCUT2D eigenvalue weighted by atomic mass is 32.2. The van der Waals surface area contributed by atoms with E-state index in [9.17, 15) is 22.8 Å². The molecular weight excluding hydrogens is 474 g/mol. The number of nitrogens with zero attached hydrogens (tertiary/aromatic N) is 1. The van der Waals surface area contributed by atoms with Crippen molar-refractivity contribution in [2.75, 3.05) is 10.8 Å². The summed E-state index contributed by atoms with van der Waals surface area (Å²) >= 11 is 0. The summed E-state index contributed by atoms with van der Waals surface area (Å²) in [6, 6.07) is 13.0. The van der Waals surface area contributed by atoms with Crippen molar-refractivity contribution < 1.29 is 32.3 Å². The molecule has 1 atom stereocenters. The van der Waals surface area contributed by atoms with Gasteiger partial charge < -0.3 is 14.8 Å². The van der Waals surface area contributed by atoms with Crippen molar-refractivity contribution in [3.63, 3.8) is 0 Å². The van der Waals surface area contributed by atoms with Gasteiger partial charge in [-0.15, -0.1) is 0 Å². The largest absolute Gasteiger partial charge is 0.487 e. The molecule has 2 amide bonds. The Kier molecular flexibility index (Phi) is 7.69. The third kappa shape index (κ3) is 7.19. The van der Waals surface area contributed by atoms with Crippen LogP contribution in [0.25, 0.3) is 0 Å². The summed E-state index contributed by atoms with van der Waals surface area (Å²) in [6.45, 7) is 6.25. The van der Waals surface area contributed by atoms with Crippen LogP contribution in [0.4, 0.5) is 5.69 Å². The average Bonchev–Trinajstić information content (AvgIpc) is 3.02. The number of amides is 2. The van der Waals surface area contributed by atoms with Crippen LogP contribution in [0.15, 0.2) is 48.5 Å². The average molecular weight is 504 g/mol. The van der Waals surface area contributed by atoms with E-state index < -0.39 is 39.6 Å². The number of carbonyl (C=O) groups excluding carboxylic acids is 3. The highest BCUT2D eigenvalue weighted by molar-refractivity contribution is 7.92. The van der Waals surface area contributed by atoms with E-state index in [4.69, 9.17) is 9.47 Å². The Hall–Kier alpha value is -3.60. The lowest BCUT2D eigenvalue weighted by Crippen LogP contribution is -2.44. The summed E-state index contributed by atoms with van der Waals surface area (Å²) in [5.41, 5.74) is 0.881. The number of anilines is 1. The monoisotopic (exact) mass is 503 g/mol. The SMILES string of the molecule is CC(=O)N[C@@H](Cc1ccc(N2CC(=O)NS2(=O)=O)c(OCc2ccccc2)c1)C(=O)OC(C)(C)C. The molecule has 1 aliphatic rings. The summed E-state index contributed by atoms with van der Waals surface area (Å²) in [6.07, 6.45) is 0.0837. The van der Waals surface area contributed by atoms with Gasteiger partial charge in [-0.1, -0.05) is 36.4 Å². The summed E-state index contributed by atoms with van der Waals surface area (Å²) in [5, 5.41) is 2.60. The number of hydrogen-bond donors (Lipinski definition) is 2. The normalized spacial score (nSPS) is 15.8. The fourth-order valence-corrected chi connectivity index (χ4v) is 4.61. The van der Waals surface area contributed by atoms with Gasteiger partial charge in [0.2, 0.25) is 5.91 Å². The van der Waals surface area contributed by atoms with Gasteiger partial charge in [0.15, 0.2) is 0 Å². The van der Waals surface area contributed by atoms with Crippen molar-refractivity contribution in [1.82, 2.24) is 10.0 Å². The smallest absolute Gasteiger partial charge is 0.329 e. The third-order valence-electron chi connectivity index (χ3n) is 4.86. The molecule has 0 aromatic heterocycles. The molecule has 188 valence electrons. The number of carbonyl (C=O) groups is 3. The molecule has 0 aliphatic carbocycles. The van der Waals surface area contributed by atoms with Gasteiger partial charge in [0.25, 0.3) is 5.91 Å². The van der Waals surface area contributed by atoms with E-state index in [0.717, 1.165) is 9.87 Å². The van der Waals surface area contributed by atoms with Crippen molar-refractivity contribution in [3.05, 3.63) is 59.7 Å². The van der Waals surface area contributed by atoms with Crippen LogP contribution >= 0.6 is 0 Å². The fourth-order valence-electron chi connectivity index (χ4n) is 3.45. The molecule has 0 unspecified atom stereocenters. The number of hydrogen-bond acceptors (Lipinski definition) is 7. The topological polar surface area (TPSA) is 131 Å². The lowest BCUT2D eigenvalue weighted by atomic mass is 10.0. The van der Waals surface area contributed by atoms with Gasteiger partial charge in [-0.25, -0.2) is 13.8 Å². The van der Waals surface area contributed by atoms with Gasteiger partial charge in [0.1, 0.15) is 30.5 Å². The zero-order valence-electron chi connectivity index (χ0n) is 20.0. The van der Waals surface area contributed by atoms with E-state index in [-0.39, 0.29) is 31.0 Å². The molecule has 2 aromatic carbocycles. The molecule has 1 aliphatic heterocycles. The molecule has 10 nitrogen and oxygen atoms in total. The van der Waals surface area contributed by atoms with Gasteiger partial charge in [-0.3, -0.25) is 9.59 Å². The van der Waals surface area contributed by atoms with Crippen LogP contribution in [-0.2, 0) is 42.4 Å². The van der Waals surface area contributed by atoms with Gasteiger partial charge in [0.05, 0.1) is 5.69 Å². The summed E-state index contributed by atoms with van der Waals surface area (Å²) < 4.78 is 39.1. The second-order valence-corrected chi connectivity index (χ2v) is 10.7. The van der Waals surface area contributed by atoms with E-state index in [1.807, 2.05) is 35.1 Å². The number of benzene rings is 2. The van der Waals surface area contributed by atoms with Crippen LogP contribution < -0.4 is 19.1 Å². The predicted molar refractivity (Wildman–Crippen MR) is 129 cm³/mol. The quantitative estimate of drug-likeness (QED) is 0.526. The Morgan fingerprint density at radius 2 is 1.80 bits per heavy atom. The first-order chi connectivity index (χ1) is 16.3. The number of nitrogens with one attached hydrogen (secondary N) is 2. The molecule has 2 N–H and O–H groups in total. The van der Waals surface area contributed by atoms with E-state index >= 15 is 0 Å². The maximum Gasteiger partial charge on any atom is 0.329 e. The first kappa shape index (κ1) is 26.0. The Bertz CT molecular complexity index is 1210. The first-order valence-corrected chi connectivity index (χ1v) is 12.4. The number of rotatable bonds is 8. The second kappa shape index (κ2) is 10.3. The second-order valence-electron chi connectivity index (χ2n) is 9.10. The fraction of sp³-hybridized carbons (Fsp3) is 0.375. The highest BCUT2D eigenvalue weighted by Crippen LogP contribution is 2.33. The minimum atomic E-state index is -4.06. The van der Waals surface area contributed by atoms with Crippen LogP contribution in [0.5, 0.6) is 5.75 Å². The van der Waals surface area contributed by atoms with Crippen LogP contribution in [0.3, 0.4) is 0 Å². The lowest BCUT2D eigenvalue weighted by molar-refractivity contribution is -0.158. The van der Waals surface area contributed by atoms with E-state index in [2.05, 4.69) is 5.32 Å². The highest BCUT2D eigenvalue weighted by Gasteiger charge is 2.36. The molecule has 1 heterocycles. The van der Waals surface area contributed by atoms with Gasteiger partial charge in [-0.2, -0.15) is 8.42 Å². The van der Waals surface area contributed by atoms with Crippen molar-refractivity contribution in [2.45, 2.75) is 52.4 Å². The molecule has 0 saturated carbocycles. The maximum atomic E-state index is 12.7. The summed E-state index contributed by atoms with van der Waals surface area (Å²) in [5.74, 6) is -1.44. The van der Waals surface area contributed by atoms with Crippen LogP contribution in [0.2, 0.25) is 0 Å². The molecule has 11 heteroatoms. The van der Waals surface area contributed by atoms with Gasteiger partial charge in [0, 0.05) is 13.3 Å². The third-order valence-corrected chi connectivity index (χ3v) is 6.25. The standard InChI is InChI=1S/C24H29N3O7S/c1-16(28)25-19(23(30)34-24(2,3)4)12-18-10-11-20(27-14-22(29)26-35(27,31)32)21(13-18)33-15-17-8-6-5-7-9-17/h5-11,13,19H,12,14-15H2,1-4H3,(H,25,28)(H,26,29)/t19-/m0/s1. The molecule has 0 spiro atoms. The minimum Gasteiger partial charge on any atom is -0.487 e. The molecule has 1 saturated heterocycles. The van der Waals surface area contributed by atoms with Crippen molar-refractivity contribution in [3.8, 4) is 5.75 Å². The van der Waals surface area contributed by atoms with Crippen LogP contribution in [-0.4, -0.2) is 44.4 Å². The van der Waals surface area contributed by atoms with Crippen molar-refractivity contribution in [1.29, 1.82) is 0 Å². The van der Waals surface area contributed by atoms with Gasteiger partial charge >= 0.3 is 16.2 Å². The Labute approximate surface area is 204 Å². The van der Waals surface area contributed by atoms with E-state index in [1.165, 1.54) is 13.0 Å². The number of ether oxygens (including phenoxy) is 2. The van der Waals surface area contributed by atoms with Crippen LogP contribution in [0.1, 0.15) is 38.8 Å². The van der Waals surface area contributed by atoms with Crippen LogP contribution in [0, 0.1) is 0 Å². The Morgan fingerprint density at radius 1 is 1.11 bits per heavy atom. The Morgan fingerprint density at radius 3 is 2.37 bits per heavy atom. The summed E-state index contributed by atoms with van der Waals surface area (Å²) in [7, 11) is -4.06. The molecular formula is C24H29N3O7S. The van der Waals surface area contributed by atoms with Gasteiger partial charge in [-0.05, 0) is 44.0 Å². The molecule has 1 fully saturated rings. The Balaban J connectivity index is 1.93. The molecule has 3 rings (SSSR count). The van der Waals surface area contributed by atoms with Crippen molar-refractivity contribution >= 4 is 33.7 Å². The molecule has 0 bridgehead atoms. The summed E-state index contributed by atoms with van der Waals surface area (Å²) in [4.78, 5) is 36.2. The zero-order chi connectivity index (χ0) is 25.8. The predicted octanol–water partition coefficient (Wildman–Crippen LogP) is 1.84. The molecule has 35 heavy (non-hydrogen) atoms. The zero-order valence-corrected chi connectivity index (χ0v) is 20.8. The molecule has 2 aromatic rings. The first-order valence-electron chi connectivity index (χ1n) is 11.0.